The van der Waals surface area contributed by atoms with Gasteiger partial charge in [-0.2, -0.15) is 0 Å². The standard InChI is InChI=1S/C22H46O2.C4H6O2/c1-3-5-7-9-11-13-15-17-19-23-21-22-24-20-18-16-14-12-10-8-6-4-2;1-3(2)4(5)6/h3-22H2,1-2H3;1H2,2H3,(H,5,6). The van der Waals surface area contributed by atoms with E-state index < -0.39 is 5.97 Å². The second-order valence-electron chi connectivity index (χ2n) is 8.26. The fourth-order valence-corrected chi connectivity index (χ4v) is 3.00. The van der Waals surface area contributed by atoms with E-state index in [9.17, 15) is 4.79 Å². The van der Waals surface area contributed by atoms with Crippen molar-refractivity contribution in [3.8, 4) is 0 Å². The number of hydrogen-bond donors (Lipinski definition) is 1. The van der Waals surface area contributed by atoms with Crippen molar-refractivity contribution in [3.05, 3.63) is 12.2 Å². The zero-order chi connectivity index (χ0) is 22.7. The van der Waals surface area contributed by atoms with Gasteiger partial charge in [0.1, 0.15) is 0 Å². The van der Waals surface area contributed by atoms with E-state index >= 15 is 0 Å². The molecule has 0 saturated heterocycles. The largest absolute Gasteiger partial charge is 0.478 e. The zero-order valence-corrected chi connectivity index (χ0v) is 20.5. The second-order valence-corrected chi connectivity index (χ2v) is 8.26. The van der Waals surface area contributed by atoms with E-state index in [2.05, 4.69) is 20.4 Å². The molecule has 0 fully saturated rings. The second kappa shape index (κ2) is 28.1. The molecule has 0 spiro atoms. The molecule has 0 aliphatic rings. The van der Waals surface area contributed by atoms with Gasteiger partial charge in [0.05, 0.1) is 13.2 Å². The summed E-state index contributed by atoms with van der Waals surface area (Å²) in [5, 5.41) is 7.89. The third-order valence-corrected chi connectivity index (χ3v) is 5.02. The van der Waals surface area contributed by atoms with Gasteiger partial charge in [-0.3, -0.25) is 0 Å². The predicted molar refractivity (Wildman–Crippen MR) is 129 cm³/mol. The predicted octanol–water partition coefficient (Wildman–Crippen LogP) is 7.95. The third-order valence-electron chi connectivity index (χ3n) is 5.02. The lowest BCUT2D eigenvalue weighted by molar-refractivity contribution is -0.132. The van der Waals surface area contributed by atoms with Crippen LogP contribution in [0.15, 0.2) is 12.2 Å². The molecule has 0 aromatic carbocycles. The Balaban J connectivity index is 0. The molecule has 4 nitrogen and oxygen atoms in total. The highest BCUT2D eigenvalue weighted by Crippen LogP contribution is 2.09. The molecule has 0 heterocycles. The molecule has 0 aliphatic heterocycles. The molecule has 0 amide bonds. The molecule has 30 heavy (non-hydrogen) atoms. The van der Waals surface area contributed by atoms with Gasteiger partial charge in [-0.1, -0.05) is 110 Å². The minimum absolute atomic E-state index is 0.176. The molecule has 1 N–H and O–H groups in total. The van der Waals surface area contributed by atoms with Crippen molar-refractivity contribution in [2.75, 3.05) is 26.4 Å². The van der Waals surface area contributed by atoms with E-state index in [1.165, 1.54) is 110 Å². The fourth-order valence-electron chi connectivity index (χ4n) is 3.00. The first-order valence-electron chi connectivity index (χ1n) is 12.6. The van der Waals surface area contributed by atoms with Crippen LogP contribution in [0.4, 0.5) is 0 Å². The lowest BCUT2D eigenvalue weighted by atomic mass is 10.1. The zero-order valence-electron chi connectivity index (χ0n) is 20.5. The number of carbonyl (C=O) groups is 1. The Morgan fingerprint density at radius 2 is 0.867 bits per heavy atom. The highest BCUT2D eigenvalue weighted by atomic mass is 16.5. The Morgan fingerprint density at radius 1 is 0.600 bits per heavy atom. The molecule has 0 aliphatic carbocycles. The number of rotatable bonds is 22. The monoisotopic (exact) mass is 428 g/mol. The maximum Gasteiger partial charge on any atom is 0.330 e. The number of hydrogen-bond acceptors (Lipinski definition) is 3. The minimum Gasteiger partial charge on any atom is -0.478 e. The van der Waals surface area contributed by atoms with Gasteiger partial charge in [0.2, 0.25) is 0 Å². The molecule has 0 aromatic heterocycles. The average molecular weight is 429 g/mol. The van der Waals surface area contributed by atoms with Crippen LogP contribution in [0.25, 0.3) is 0 Å². The number of unbranched alkanes of at least 4 members (excludes halogenated alkanes) is 14. The first kappa shape index (κ1) is 31.3. The van der Waals surface area contributed by atoms with Gasteiger partial charge in [0.25, 0.3) is 0 Å². The maximum atomic E-state index is 9.60. The maximum absolute atomic E-state index is 9.60. The number of aliphatic carboxylic acids is 1. The van der Waals surface area contributed by atoms with E-state index in [1.807, 2.05) is 0 Å². The summed E-state index contributed by atoms with van der Waals surface area (Å²) in [4.78, 5) is 9.60. The van der Waals surface area contributed by atoms with Crippen molar-refractivity contribution < 1.29 is 19.4 Å². The van der Waals surface area contributed by atoms with Gasteiger partial charge in [-0.15, -0.1) is 0 Å². The lowest BCUT2D eigenvalue weighted by Gasteiger charge is -2.06. The summed E-state index contributed by atoms with van der Waals surface area (Å²) in [6.07, 6.45) is 21.8. The van der Waals surface area contributed by atoms with Crippen LogP contribution in [-0.4, -0.2) is 37.5 Å². The van der Waals surface area contributed by atoms with Crippen LogP contribution in [-0.2, 0) is 14.3 Å². The molecule has 0 rings (SSSR count). The van der Waals surface area contributed by atoms with E-state index in [4.69, 9.17) is 14.6 Å². The summed E-state index contributed by atoms with van der Waals surface area (Å²) in [5.41, 5.74) is 0.176. The molecule has 0 bridgehead atoms. The van der Waals surface area contributed by atoms with Crippen molar-refractivity contribution in [2.45, 2.75) is 124 Å². The normalized spacial score (nSPS) is 10.5. The fraction of sp³-hybridized carbons (Fsp3) is 0.885. The molecule has 4 heteroatoms. The van der Waals surface area contributed by atoms with E-state index in [0.29, 0.717) is 0 Å². The molecular formula is C26H52O4. The van der Waals surface area contributed by atoms with Crippen LogP contribution in [0.1, 0.15) is 124 Å². The first-order valence-corrected chi connectivity index (χ1v) is 12.6. The Hall–Kier alpha value is -0.870. The molecule has 180 valence electrons. The highest BCUT2D eigenvalue weighted by molar-refractivity contribution is 5.84. The first-order chi connectivity index (χ1) is 14.6. The van der Waals surface area contributed by atoms with Crippen molar-refractivity contribution in [2.24, 2.45) is 0 Å². The molecule has 0 atom stereocenters. The quantitative estimate of drug-likeness (QED) is 0.140. The van der Waals surface area contributed by atoms with Crippen molar-refractivity contribution >= 4 is 5.97 Å². The molecule has 0 saturated carbocycles. The SMILES string of the molecule is C=C(C)C(=O)O.CCCCCCCCCCOCCOCCCCCCCCCC. The van der Waals surface area contributed by atoms with Crippen LogP contribution in [0.2, 0.25) is 0 Å². The topological polar surface area (TPSA) is 55.8 Å². The molecule has 0 radical (unpaired) electrons. The Bertz CT molecular complexity index is 321. The molecule has 0 unspecified atom stereocenters. The lowest BCUT2D eigenvalue weighted by Crippen LogP contribution is -2.06. The van der Waals surface area contributed by atoms with Gasteiger partial charge < -0.3 is 14.6 Å². The Kier molecular flexibility index (Phi) is 29.4. The highest BCUT2D eigenvalue weighted by Gasteiger charge is 1.95. The number of carboxylic acids is 1. The van der Waals surface area contributed by atoms with Gasteiger partial charge in [-0.25, -0.2) is 4.79 Å². The van der Waals surface area contributed by atoms with Crippen LogP contribution in [0.3, 0.4) is 0 Å². The number of ether oxygens (including phenoxy) is 2. The van der Waals surface area contributed by atoms with E-state index in [0.717, 1.165) is 26.4 Å². The summed E-state index contributed by atoms with van der Waals surface area (Å²) in [6.45, 7) is 12.5. The molecular weight excluding hydrogens is 376 g/mol. The Morgan fingerprint density at radius 3 is 1.13 bits per heavy atom. The van der Waals surface area contributed by atoms with Gasteiger partial charge in [0.15, 0.2) is 0 Å². The minimum atomic E-state index is -0.935. The van der Waals surface area contributed by atoms with Crippen molar-refractivity contribution in [1.82, 2.24) is 0 Å². The smallest absolute Gasteiger partial charge is 0.330 e. The van der Waals surface area contributed by atoms with Crippen molar-refractivity contribution in [1.29, 1.82) is 0 Å². The van der Waals surface area contributed by atoms with Crippen LogP contribution >= 0.6 is 0 Å². The summed E-state index contributed by atoms with van der Waals surface area (Å²) >= 11 is 0. The van der Waals surface area contributed by atoms with Gasteiger partial charge in [-0.05, 0) is 19.8 Å². The van der Waals surface area contributed by atoms with Gasteiger partial charge in [0, 0.05) is 18.8 Å². The van der Waals surface area contributed by atoms with Crippen LogP contribution in [0.5, 0.6) is 0 Å². The van der Waals surface area contributed by atoms with Crippen molar-refractivity contribution in [3.63, 3.8) is 0 Å². The van der Waals surface area contributed by atoms with Crippen LogP contribution < -0.4 is 0 Å². The van der Waals surface area contributed by atoms with E-state index in [1.54, 1.807) is 0 Å². The average Bonchev–Trinajstić information content (AvgIpc) is 2.72. The molecule has 0 aromatic rings. The summed E-state index contributed by atoms with van der Waals surface area (Å²) in [6, 6.07) is 0. The van der Waals surface area contributed by atoms with E-state index in [-0.39, 0.29) is 5.57 Å². The van der Waals surface area contributed by atoms with Gasteiger partial charge >= 0.3 is 5.97 Å². The third kappa shape index (κ3) is 31.8. The summed E-state index contributed by atoms with van der Waals surface area (Å²) < 4.78 is 11.3. The number of carboxylic acid groups (broad SMARTS) is 1. The Labute approximate surface area is 187 Å². The summed E-state index contributed by atoms with van der Waals surface area (Å²) in [7, 11) is 0. The summed E-state index contributed by atoms with van der Waals surface area (Å²) in [5.74, 6) is -0.935. The van der Waals surface area contributed by atoms with Crippen LogP contribution in [0, 0.1) is 0 Å².